The lowest BCUT2D eigenvalue weighted by atomic mass is 9.93. The summed E-state index contributed by atoms with van der Waals surface area (Å²) in [5.41, 5.74) is 2.43. The number of aromatic nitrogens is 2. The summed E-state index contributed by atoms with van der Waals surface area (Å²) in [5, 5.41) is 2.96. The van der Waals surface area contributed by atoms with Gasteiger partial charge in [-0.25, -0.2) is 0 Å². The topological polar surface area (TPSA) is 37.8 Å². The first-order valence-electron chi connectivity index (χ1n) is 4.76. The SMILES string of the molecule is O=c1[nH]n(C2CCC2)c2c1CSC2. The van der Waals surface area contributed by atoms with Gasteiger partial charge in [0.15, 0.2) is 0 Å². The predicted molar refractivity (Wildman–Crippen MR) is 52.9 cm³/mol. The van der Waals surface area contributed by atoms with Crippen LogP contribution >= 0.6 is 11.8 Å². The van der Waals surface area contributed by atoms with Crippen molar-refractivity contribution in [2.24, 2.45) is 0 Å². The van der Waals surface area contributed by atoms with Crippen molar-refractivity contribution in [3.05, 3.63) is 21.6 Å². The highest BCUT2D eigenvalue weighted by atomic mass is 32.2. The van der Waals surface area contributed by atoms with Gasteiger partial charge in [-0.1, -0.05) is 0 Å². The molecule has 1 aromatic heterocycles. The molecule has 1 aliphatic carbocycles. The Morgan fingerprint density at radius 1 is 1.38 bits per heavy atom. The van der Waals surface area contributed by atoms with E-state index in [4.69, 9.17) is 0 Å². The van der Waals surface area contributed by atoms with E-state index in [1.54, 1.807) is 0 Å². The number of rotatable bonds is 1. The molecule has 0 saturated heterocycles. The zero-order valence-corrected chi connectivity index (χ0v) is 8.19. The Kier molecular flexibility index (Phi) is 1.59. The van der Waals surface area contributed by atoms with E-state index in [0.717, 1.165) is 17.1 Å². The van der Waals surface area contributed by atoms with E-state index in [0.29, 0.717) is 6.04 Å². The van der Waals surface area contributed by atoms with Gasteiger partial charge in [-0.05, 0) is 19.3 Å². The van der Waals surface area contributed by atoms with E-state index in [2.05, 4.69) is 9.78 Å². The maximum absolute atomic E-state index is 11.5. The highest BCUT2D eigenvalue weighted by molar-refractivity contribution is 7.98. The van der Waals surface area contributed by atoms with Gasteiger partial charge in [0.25, 0.3) is 5.56 Å². The highest BCUT2D eigenvalue weighted by Crippen LogP contribution is 2.35. The molecule has 0 atom stereocenters. The highest BCUT2D eigenvalue weighted by Gasteiger charge is 2.27. The molecule has 0 amide bonds. The van der Waals surface area contributed by atoms with Crippen LogP contribution in [0.5, 0.6) is 0 Å². The summed E-state index contributed by atoms with van der Waals surface area (Å²) in [6.07, 6.45) is 3.79. The van der Waals surface area contributed by atoms with Crippen LogP contribution in [0.3, 0.4) is 0 Å². The maximum atomic E-state index is 11.5. The number of nitrogens with one attached hydrogen (secondary N) is 1. The van der Waals surface area contributed by atoms with Gasteiger partial charge in [-0.3, -0.25) is 14.6 Å². The van der Waals surface area contributed by atoms with Gasteiger partial charge in [0.2, 0.25) is 0 Å². The fourth-order valence-electron chi connectivity index (χ4n) is 2.03. The quantitative estimate of drug-likeness (QED) is 0.741. The molecular weight excluding hydrogens is 184 g/mol. The van der Waals surface area contributed by atoms with Crippen molar-refractivity contribution >= 4 is 11.8 Å². The molecule has 0 radical (unpaired) electrons. The van der Waals surface area contributed by atoms with Gasteiger partial charge in [-0.15, -0.1) is 0 Å². The number of nitrogens with zero attached hydrogens (tertiary/aromatic N) is 1. The van der Waals surface area contributed by atoms with Crippen molar-refractivity contribution in [3.63, 3.8) is 0 Å². The van der Waals surface area contributed by atoms with E-state index >= 15 is 0 Å². The average molecular weight is 196 g/mol. The van der Waals surface area contributed by atoms with Gasteiger partial charge < -0.3 is 0 Å². The molecule has 0 unspecified atom stereocenters. The van der Waals surface area contributed by atoms with Crippen LogP contribution in [0.2, 0.25) is 0 Å². The molecule has 0 aromatic carbocycles. The van der Waals surface area contributed by atoms with Crippen molar-refractivity contribution < 1.29 is 0 Å². The zero-order chi connectivity index (χ0) is 8.84. The molecular formula is C9H12N2OS. The van der Waals surface area contributed by atoms with Gasteiger partial charge in [0, 0.05) is 11.5 Å². The Balaban J connectivity index is 2.09. The lowest BCUT2D eigenvalue weighted by Gasteiger charge is -2.27. The van der Waals surface area contributed by atoms with E-state index in [-0.39, 0.29) is 5.56 Å². The van der Waals surface area contributed by atoms with Crippen molar-refractivity contribution in [1.29, 1.82) is 0 Å². The molecule has 0 bridgehead atoms. The third-order valence-corrected chi connectivity index (χ3v) is 4.03. The first kappa shape index (κ1) is 7.74. The molecule has 1 N–H and O–H groups in total. The number of aromatic amines is 1. The van der Waals surface area contributed by atoms with Crippen LogP contribution in [-0.2, 0) is 11.5 Å². The van der Waals surface area contributed by atoms with Crippen molar-refractivity contribution in [2.75, 3.05) is 0 Å². The van der Waals surface area contributed by atoms with Crippen LogP contribution in [0.25, 0.3) is 0 Å². The minimum atomic E-state index is 0.145. The fourth-order valence-corrected chi connectivity index (χ4v) is 3.14. The lowest BCUT2D eigenvalue weighted by Crippen LogP contribution is -2.21. The van der Waals surface area contributed by atoms with E-state index < -0.39 is 0 Å². The summed E-state index contributed by atoms with van der Waals surface area (Å²) >= 11 is 1.85. The van der Waals surface area contributed by atoms with E-state index in [1.807, 2.05) is 11.8 Å². The summed E-state index contributed by atoms with van der Waals surface area (Å²) in [7, 11) is 0. The molecule has 13 heavy (non-hydrogen) atoms. The first-order valence-corrected chi connectivity index (χ1v) is 5.92. The normalized spacial score (nSPS) is 21.5. The molecule has 70 valence electrons. The largest absolute Gasteiger partial charge is 0.285 e. The zero-order valence-electron chi connectivity index (χ0n) is 7.38. The number of fused-ring (bicyclic) bond motifs is 1. The fraction of sp³-hybridized carbons (Fsp3) is 0.667. The Morgan fingerprint density at radius 2 is 2.23 bits per heavy atom. The molecule has 3 nitrogen and oxygen atoms in total. The van der Waals surface area contributed by atoms with Crippen molar-refractivity contribution in [2.45, 2.75) is 36.8 Å². The third-order valence-electron chi connectivity index (χ3n) is 3.06. The second-order valence-corrected chi connectivity index (χ2v) is 4.80. The van der Waals surface area contributed by atoms with Crippen LogP contribution in [0, 0.1) is 0 Å². The molecule has 1 aliphatic heterocycles. The molecule has 3 rings (SSSR count). The average Bonchev–Trinajstić information content (AvgIpc) is 2.53. The monoisotopic (exact) mass is 196 g/mol. The van der Waals surface area contributed by atoms with Crippen molar-refractivity contribution in [3.8, 4) is 0 Å². The molecule has 2 aliphatic rings. The molecule has 1 saturated carbocycles. The van der Waals surface area contributed by atoms with Crippen molar-refractivity contribution in [1.82, 2.24) is 9.78 Å². The maximum Gasteiger partial charge on any atom is 0.268 e. The van der Waals surface area contributed by atoms with Crippen LogP contribution in [0.4, 0.5) is 0 Å². The van der Waals surface area contributed by atoms with Crippen LogP contribution in [0.1, 0.15) is 36.6 Å². The molecule has 1 fully saturated rings. The lowest BCUT2D eigenvalue weighted by molar-refractivity contribution is 0.283. The Bertz CT molecular complexity index is 389. The number of H-pyrrole nitrogens is 1. The second-order valence-electron chi connectivity index (χ2n) is 3.81. The van der Waals surface area contributed by atoms with E-state index in [9.17, 15) is 4.79 Å². The molecule has 0 spiro atoms. The Hall–Kier alpha value is -0.640. The third kappa shape index (κ3) is 1.01. The molecule has 4 heteroatoms. The number of hydrogen-bond acceptors (Lipinski definition) is 2. The number of hydrogen-bond donors (Lipinski definition) is 1. The predicted octanol–water partition coefficient (Wildman–Crippen LogP) is 1.65. The minimum absolute atomic E-state index is 0.145. The summed E-state index contributed by atoms with van der Waals surface area (Å²) in [6, 6.07) is 0.593. The molecule has 1 aromatic rings. The smallest absolute Gasteiger partial charge is 0.268 e. The summed E-state index contributed by atoms with van der Waals surface area (Å²) in [4.78, 5) is 11.5. The van der Waals surface area contributed by atoms with Gasteiger partial charge in [0.05, 0.1) is 17.3 Å². The van der Waals surface area contributed by atoms with Crippen LogP contribution < -0.4 is 5.56 Å². The summed E-state index contributed by atoms with van der Waals surface area (Å²) in [6.45, 7) is 0. The van der Waals surface area contributed by atoms with Crippen LogP contribution in [-0.4, -0.2) is 9.78 Å². The first-order chi connectivity index (χ1) is 6.36. The van der Waals surface area contributed by atoms with Gasteiger partial charge in [0.1, 0.15) is 0 Å². The van der Waals surface area contributed by atoms with Gasteiger partial charge in [-0.2, -0.15) is 11.8 Å². The Labute approximate surface area is 80.5 Å². The van der Waals surface area contributed by atoms with Crippen LogP contribution in [0.15, 0.2) is 4.79 Å². The molecule has 2 heterocycles. The minimum Gasteiger partial charge on any atom is -0.285 e. The Morgan fingerprint density at radius 3 is 2.92 bits per heavy atom. The second kappa shape index (κ2) is 2.67. The van der Waals surface area contributed by atoms with Gasteiger partial charge >= 0.3 is 0 Å². The summed E-state index contributed by atoms with van der Waals surface area (Å²) < 4.78 is 2.13. The standard InChI is InChI=1S/C9H12N2OS/c12-9-7-4-13-5-8(7)11(10-9)6-2-1-3-6/h6H,1-5H2,(H,10,12). The summed E-state index contributed by atoms with van der Waals surface area (Å²) in [5.74, 6) is 1.93. The number of thioether (sulfide) groups is 1. The van der Waals surface area contributed by atoms with E-state index in [1.165, 1.54) is 25.0 Å².